The van der Waals surface area contributed by atoms with Gasteiger partial charge in [-0.2, -0.15) is 0 Å². The molecule has 0 aliphatic rings. The molecule has 1 aromatic rings. The average molecular weight is 219 g/mol. The van der Waals surface area contributed by atoms with Crippen LogP contribution in [-0.4, -0.2) is 24.7 Å². The molecule has 0 bridgehead atoms. The van der Waals surface area contributed by atoms with E-state index in [1.54, 1.807) is 6.07 Å². The molecule has 0 saturated carbocycles. The van der Waals surface area contributed by atoms with Gasteiger partial charge < -0.3 is 10.0 Å². The van der Waals surface area contributed by atoms with Crippen molar-refractivity contribution in [3.8, 4) is 0 Å². The van der Waals surface area contributed by atoms with Crippen molar-refractivity contribution in [3.05, 3.63) is 41.5 Å². The molecule has 0 atom stereocenters. The smallest absolute Gasteiger partial charge is 0.337 e. The van der Waals surface area contributed by atoms with Gasteiger partial charge in [-0.15, -0.1) is 0 Å². The molecule has 3 nitrogen and oxygen atoms in total. The van der Waals surface area contributed by atoms with E-state index in [4.69, 9.17) is 5.11 Å². The van der Waals surface area contributed by atoms with E-state index in [9.17, 15) is 4.79 Å². The molecule has 0 unspecified atom stereocenters. The van der Waals surface area contributed by atoms with Crippen LogP contribution in [-0.2, 0) is 0 Å². The molecule has 3 heteroatoms. The van der Waals surface area contributed by atoms with Gasteiger partial charge in [-0.25, -0.2) is 4.79 Å². The van der Waals surface area contributed by atoms with Crippen LogP contribution in [0.2, 0.25) is 0 Å². The predicted octanol–water partition coefficient (Wildman–Crippen LogP) is 2.71. The van der Waals surface area contributed by atoms with Gasteiger partial charge in [0.05, 0.1) is 11.3 Å². The van der Waals surface area contributed by atoms with E-state index < -0.39 is 5.97 Å². The van der Waals surface area contributed by atoms with Crippen molar-refractivity contribution in [1.29, 1.82) is 0 Å². The van der Waals surface area contributed by atoms with Gasteiger partial charge >= 0.3 is 5.97 Å². The lowest BCUT2D eigenvalue weighted by atomic mass is 10.1. The van der Waals surface area contributed by atoms with Crippen molar-refractivity contribution in [3.63, 3.8) is 0 Å². The van der Waals surface area contributed by atoms with Crippen molar-refractivity contribution < 1.29 is 9.90 Å². The minimum atomic E-state index is -0.896. The van der Waals surface area contributed by atoms with Gasteiger partial charge in [0.2, 0.25) is 0 Å². The maximum absolute atomic E-state index is 11.1. The minimum absolute atomic E-state index is 0.337. The van der Waals surface area contributed by atoms with E-state index in [2.05, 4.69) is 6.58 Å². The first-order valence-electron chi connectivity index (χ1n) is 5.11. The van der Waals surface area contributed by atoms with Crippen molar-refractivity contribution in [2.24, 2.45) is 0 Å². The molecule has 0 aliphatic heterocycles. The Bertz CT molecular complexity index is 424. The summed E-state index contributed by atoms with van der Waals surface area (Å²) in [4.78, 5) is 13.0. The average Bonchev–Trinajstić information content (AvgIpc) is 2.16. The Labute approximate surface area is 96.0 Å². The second-order valence-electron chi connectivity index (χ2n) is 4.14. The normalized spacial score (nSPS) is 9.94. The molecule has 1 N–H and O–H groups in total. The third-order valence-corrected chi connectivity index (χ3v) is 2.30. The highest BCUT2D eigenvalue weighted by atomic mass is 16.4. The molecule has 0 amide bonds. The highest BCUT2D eigenvalue weighted by Crippen LogP contribution is 2.21. The molecule has 0 fully saturated rings. The number of carboxylic acids is 1. The van der Waals surface area contributed by atoms with Crippen molar-refractivity contribution in [1.82, 2.24) is 0 Å². The Morgan fingerprint density at radius 1 is 1.50 bits per heavy atom. The maximum atomic E-state index is 11.1. The van der Waals surface area contributed by atoms with Crippen LogP contribution >= 0.6 is 0 Å². The van der Waals surface area contributed by atoms with Crippen LogP contribution in [0.3, 0.4) is 0 Å². The van der Waals surface area contributed by atoms with E-state index in [0.717, 1.165) is 16.8 Å². The Kier molecular flexibility index (Phi) is 3.72. The topological polar surface area (TPSA) is 40.5 Å². The number of aromatic carboxylic acids is 1. The van der Waals surface area contributed by atoms with E-state index in [1.165, 1.54) is 0 Å². The second-order valence-corrected chi connectivity index (χ2v) is 4.14. The van der Waals surface area contributed by atoms with Crippen molar-refractivity contribution in [2.45, 2.75) is 13.8 Å². The first-order chi connectivity index (χ1) is 7.41. The third-order valence-electron chi connectivity index (χ3n) is 2.30. The van der Waals surface area contributed by atoms with Crippen LogP contribution in [0, 0.1) is 6.92 Å². The molecule has 0 heterocycles. The van der Waals surface area contributed by atoms with Crippen LogP contribution in [0.25, 0.3) is 0 Å². The van der Waals surface area contributed by atoms with E-state index in [-0.39, 0.29) is 0 Å². The number of anilines is 1. The monoisotopic (exact) mass is 219 g/mol. The number of carboxylic acid groups (broad SMARTS) is 1. The largest absolute Gasteiger partial charge is 0.478 e. The zero-order valence-corrected chi connectivity index (χ0v) is 9.95. The van der Waals surface area contributed by atoms with E-state index in [0.29, 0.717) is 12.1 Å². The SMILES string of the molecule is C=C(C)CN(C)c1ccc(C)cc1C(=O)O. The fourth-order valence-corrected chi connectivity index (χ4v) is 1.64. The van der Waals surface area contributed by atoms with Crippen molar-refractivity contribution >= 4 is 11.7 Å². The molecule has 1 rings (SSSR count). The number of nitrogens with zero attached hydrogens (tertiary/aromatic N) is 1. The minimum Gasteiger partial charge on any atom is -0.478 e. The number of benzene rings is 1. The Morgan fingerprint density at radius 3 is 2.62 bits per heavy atom. The summed E-state index contributed by atoms with van der Waals surface area (Å²) in [5.41, 5.74) is 3.01. The number of likely N-dealkylation sites (N-methyl/N-ethyl adjacent to an activating group) is 1. The number of carbonyl (C=O) groups is 1. The zero-order chi connectivity index (χ0) is 12.3. The van der Waals surface area contributed by atoms with Crippen LogP contribution in [0.1, 0.15) is 22.8 Å². The highest BCUT2D eigenvalue weighted by Gasteiger charge is 2.13. The molecule has 1 aromatic carbocycles. The van der Waals surface area contributed by atoms with Gasteiger partial charge in [0.25, 0.3) is 0 Å². The van der Waals surface area contributed by atoms with E-state index in [1.807, 2.05) is 37.9 Å². The molecule has 0 aromatic heterocycles. The quantitative estimate of drug-likeness (QED) is 0.791. The predicted molar refractivity (Wildman–Crippen MR) is 66.2 cm³/mol. The summed E-state index contributed by atoms with van der Waals surface area (Å²) < 4.78 is 0. The van der Waals surface area contributed by atoms with E-state index >= 15 is 0 Å². The zero-order valence-electron chi connectivity index (χ0n) is 9.95. The molecule has 86 valence electrons. The Morgan fingerprint density at radius 2 is 2.12 bits per heavy atom. The maximum Gasteiger partial charge on any atom is 0.337 e. The van der Waals surface area contributed by atoms with Gasteiger partial charge in [-0.3, -0.25) is 0 Å². The lowest BCUT2D eigenvalue weighted by molar-refractivity contribution is 0.0697. The molecule has 0 spiro atoms. The molecular weight excluding hydrogens is 202 g/mol. The number of hydrogen-bond acceptors (Lipinski definition) is 2. The lowest BCUT2D eigenvalue weighted by Crippen LogP contribution is -2.21. The van der Waals surface area contributed by atoms with Crippen LogP contribution < -0.4 is 4.90 Å². The van der Waals surface area contributed by atoms with Crippen LogP contribution in [0.4, 0.5) is 5.69 Å². The first-order valence-corrected chi connectivity index (χ1v) is 5.11. The summed E-state index contributed by atoms with van der Waals surface area (Å²) in [6, 6.07) is 5.44. The summed E-state index contributed by atoms with van der Waals surface area (Å²) >= 11 is 0. The summed E-state index contributed by atoms with van der Waals surface area (Å²) in [6.07, 6.45) is 0. The lowest BCUT2D eigenvalue weighted by Gasteiger charge is -2.21. The Hall–Kier alpha value is -1.77. The summed E-state index contributed by atoms with van der Waals surface area (Å²) in [5.74, 6) is -0.896. The van der Waals surface area contributed by atoms with Crippen molar-refractivity contribution in [2.75, 3.05) is 18.5 Å². The summed E-state index contributed by atoms with van der Waals surface area (Å²) in [5, 5.41) is 9.12. The highest BCUT2D eigenvalue weighted by molar-refractivity contribution is 5.94. The summed E-state index contributed by atoms with van der Waals surface area (Å²) in [6.45, 7) is 8.29. The molecule has 0 radical (unpaired) electrons. The van der Waals surface area contributed by atoms with Gasteiger partial charge in [0, 0.05) is 13.6 Å². The molecule has 0 aliphatic carbocycles. The van der Waals surface area contributed by atoms with Gasteiger partial charge in [-0.1, -0.05) is 23.8 Å². The number of hydrogen-bond donors (Lipinski definition) is 1. The third kappa shape index (κ3) is 2.86. The number of rotatable bonds is 4. The van der Waals surface area contributed by atoms with Gasteiger partial charge in [0.15, 0.2) is 0 Å². The fourth-order valence-electron chi connectivity index (χ4n) is 1.64. The molecule has 0 saturated heterocycles. The summed E-state index contributed by atoms with van der Waals surface area (Å²) in [7, 11) is 1.87. The number of aryl methyl sites for hydroxylation is 1. The van der Waals surface area contributed by atoms with Crippen LogP contribution in [0.15, 0.2) is 30.4 Å². The molecular formula is C13H17NO2. The van der Waals surface area contributed by atoms with Gasteiger partial charge in [0.1, 0.15) is 0 Å². The standard InChI is InChI=1S/C13H17NO2/c1-9(2)8-14(4)12-6-5-10(3)7-11(12)13(15)16/h5-7H,1,8H2,2-4H3,(H,15,16). The molecule has 16 heavy (non-hydrogen) atoms. The fraction of sp³-hybridized carbons (Fsp3) is 0.308. The van der Waals surface area contributed by atoms with Gasteiger partial charge in [-0.05, 0) is 26.0 Å². The van der Waals surface area contributed by atoms with Crippen LogP contribution in [0.5, 0.6) is 0 Å². The first kappa shape index (κ1) is 12.3. The second kappa shape index (κ2) is 4.84. The Balaban J connectivity index is 3.12.